The Balaban J connectivity index is 2.16. The van der Waals surface area contributed by atoms with Crippen LogP contribution in [0.4, 0.5) is 16.3 Å². The molecular formula is C13H19N5O5. The lowest BCUT2D eigenvalue weighted by molar-refractivity contribution is -0.385. The van der Waals surface area contributed by atoms with Crippen molar-refractivity contribution in [3.63, 3.8) is 0 Å². The molecule has 1 aromatic heterocycles. The highest BCUT2D eigenvalue weighted by atomic mass is 16.6. The first-order valence-electron chi connectivity index (χ1n) is 7.37. The van der Waals surface area contributed by atoms with Crippen LogP contribution in [0.2, 0.25) is 0 Å². The number of aromatic nitrogens is 2. The molecule has 10 nitrogen and oxygen atoms in total. The Morgan fingerprint density at radius 2 is 1.96 bits per heavy atom. The fraction of sp³-hybridized carbons (Fsp3) is 0.615. The largest absolute Gasteiger partial charge is 0.473 e. The van der Waals surface area contributed by atoms with Crippen molar-refractivity contribution in [2.75, 3.05) is 44.3 Å². The van der Waals surface area contributed by atoms with Crippen molar-refractivity contribution in [2.45, 2.75) is 13.8 Å². The molecule has 1 aromatic rings. The van der Waals surface area contributed by atoms with E-state index in [1.807, 2.05) is 0 Å². The van der Waals surface area contributed by atoms with Crippen LogP contribution >= 0.6 is 0 Å². The maximum Gasteiger partial charge on any atom is 0.409 e. The number of amides is 1. The van der Waals surface area contributed by atoms with Gasteiger partial charge in [-0.05, 0) is 13.8 Å². The van der Waals surface area contributed by atoms with E-state index in [4.69, 9.17) is 9.47 Å². The van der Waals surface area contributed by atoms with Gasteiger partial charge in [-0.3, -0.25) is 10.1 Å². The third-order valence-corrected chi connectivity index (χ3v) is 3.34. The molecule has 0 saturated carbocycles. The topological polar surface area (TPSA) is 111 Å². The maximum absolute atomic E-state index is 11.7. The van der Waals surface area contributed by atoms with Gasteiger partial charge in [0.2, 0.25) is 5.82 Å². The van der Waals surface area contributed by atoms with E-state index in [9.17, 15) is 14.9 Å². The SMILES string of the molecule is CCOC(=O)N1CCN(c2ncnc(OCC)c2[N+](=O)[O-])CC1. The molecule has 1 fully saturated rings. The van der Waals surface area contributed by atoms with E-state index in [0.717, 1.165) is 0 Å². The van der Waals surface area contributed by atoms with Gasteiger partial charge in [0.15, 0.2) is 0 Å². The first kappa shape index (κ1) is 16.7. The zero-order chi connectivity index (χ0) is 16.8. The van der Waals surface area contributed by atoms with Crippen LogP contribution in [0.3, 0.4) is 0 Å². The Bertz CT molecular complexity index is 574. The molecule has 0 aliphatic carbocycles. The molecule has 126 valence electrons. The lowest BCUT2D eigenvalue weighted by Gasteiger charge is -2.34. The number of hydrogen-bond acceptors (Lipinski definition) is 8. The number of ether oxygens (including phenoxy) is 2. The highest BCUT2D eigenvalue weighted by Gasteiger charge is 2.31. The highest BCUT2D eigenvalue weighted by molar-refractivity contribution is 5.69. The van der Waals surface area contributed by atoms with Gasteiger partial charge in [0.05, 0.1) is 18.1 Å². The van der Waals surface area contributed by atoms with Gasteiger partial charge >= 0.3 is 11.8 Å². The zero-order valence-corrected chi connectivity index (χ0v) is 13.1. The molecule has 2 rings (SSSR count). The number of carbonyl (C=O) groups excluding carboxylic acids is 1. The lowest BCUT2D eigenvalue weighted by atomic mass is 10.3. The zero-order valence-electron chi connectivity index (χ0n) is 13.1. The van der Waals surface area contributed by atoms with Crippen LogP contribution in [0.1, 0.15) is 13.8 Å². The molecule has 0 atom stereocenters. The maximum atomic E-state index is 11.7. The summed E-state index contributed by atoms with van der Waals surface area (Å²) in [5.74, 6) is 0.160. The Hall–Kier alpha value is -2.65. The Morgan fingerprint density at radius 3 is 2.52 bits per heavy atom. The van der Waals surface area contributed by atoms with Gasteiger partial charge in [-0.15, -0.1) is 0 Å². The van der Waals surface area contributed by atoms with Crippen molar-refractivity contribution in [3.8, 4) is 5.88 Å². The number of nitro groups is 1. The number of hydrogen-bond donors (Lipinski definition) is 0. The van der Waals surface area contributed by atoms with Gasteiger partial charge in [0, 0.05) is 26.2 Å². The molecule has 1 amide bonds. The van der Waals surface area contributed by atoms with E-state index >= 15 is 0 Å². The molecule has 0 radical (unpaired) electrons. The number of carbonyl (C=O) groups is 1. The lowest BCUT2D eigenvalue weighted by Crippen LogP contribution is -2.49. The summed E-state index contributed by atoms with van der Waals surface area (Å²) in [6.07, 6.45) is 0.866. The quantitative estimate of drug-likeness (QED) is 0.583. The van der Waals surface area contributed by atoms with E-state index in [0.29, 0.717) is 32.8 Å². The molecule has 1 saturated heterocycles. The van der Waals surface area contributed by atoms with Crippen LogP contribution in [0.5, 0.6) is 5.88 Å². The number of nitrogens with zero attached hydrogens (tertiary/aromatic N) is 5. The summed E-state index contributed by atoms with van der Waals surface area (Å²) in [4.78, 5) is 33.7. The number of piperazine rings is 1. The van der Waals surface area contributed by atoms with Gasteiger partial charge in [0.1, 0.15) is 6.33 Å². The summed E-state index contributed by atoms with van der Waals surface area (Å²) in [5.41, 5.74) is -0.251. The highest BCUT2D eigenvalue weighted by Crippen LogP contribution is 2.33. The predicted octanol–water partition coefficient (Wildman–Crippen LogP) is 1.06. The van der Waals surface area contributed by atoms with E-state index in [1.54, 1.807) is 23.6 Å². The van der Waals surface area contributed by atoms with Crippen LogP contribution in [0.15, 0.2) is 6.33 Å². The fourth-order valence-electron chi connectivity index (χ4n) is 2.30. The van der Waals surface area contributed by atoms with Gasteiger partial charge in [-0.2, -0.15) is 4.98 Å². The normalized spacial score (nSPS) is 14.5. The summed E-state index contributed by atoms with van der Waals surface area (Å²) in [6.45, 7) is 5.71. The molecule has 23 heavy (non-hydrogen) atoms. The Kier molecular flexibility index (Phi) is 5.50. The van der Waals surface area contributed by atoms with Gasteiger partial charge < -0.3 is 19.3 Å². The van der Waals surface area contributed by atoms with Crippen LogP contribution in [-0.2, 0) is 4.74 Å². The standard InChI is InChI=1S/C13H19N5O5/c1-3-22-12-10(18(20)21)11(14-9-15-12)16-5-7-17(8-6-16)13(19)23-4-2/h9H,3-8H2,1-2H3. The van der Waals surface area contributed by atoms with Crippen molar-refractivity contribution >= 4 is 17.6 Å². The minimum absolute atomic E-state index is 0.0460. The molecule has 1 aliphatic rings. The third kappa shape index (κ3) is 3.76. The minimum Gasteiger partial charge on any atom is -0.473 e. The van der Waals surface area contributed by atoms with Crippen molar-refractivity contribution in [1.29, 1.82) is 0 Å². The van der Waals surface area contributed by atoms with Crippen LogP contribution in [0, 0.1) is 10.1 Å². The molecule has 0 aromatic carbocycles. The van der Waals surface area contributed by atoms with E-state index in [2.05, 4.69) is 9.97 Å². The monoisotopic (exact) mass is 325 g/mol. The van der Waals surface area contributed by atoms with E-state index in [1.165, 1.54) is 6.33 Å². The number of rotatable bonds is 5. The second-order valence-corrected chi connectivity index (χ2v) is 4.71. The predicted molar refractivity (Wildman–Crippen MR) is 80.7 cm³/mol. The van der Waals surface area contributed by atoms with Gasteiger partial charge in [0.25, 0.3) is 5.88 Å². The Morgan fingerprint density at radius 1 is 1.26 bits per heavy atom. The van der Waals surface area contributed by atoms with Crippen LogP contribution < -0.4 is 9.64 Å². The first-order valence-corrected chi connectivity index (χ1v) is 7.37. The molecule has 10 heteroatoms. The minimum atomic E-state index is -0.544. The molecule has 1 aliphatic heterocycles. The molecule has 0 N–H and O–H groups in total. The molecule has 0 bridgehead atoms. The fourth-order valence-corrected chi connectivity index (χ4v) is 2.30. The van der Waals surface area contributed by atoms with Crippen LogP contribution in [-0.4, -0.2) is 65.3 Å². The van der Waals surface area contributed by atoms with E-state index in [-0.39, 0.29) is 30.1 Å². The average molecular weight is 325 g/mol. The first-order chi connectivity index (χ1) is 11.1. The van der Waals surface area contributed by atoms with Crippen molar-refractivity contribution in [1.82, 2.24) is 14.9 Å². The third-order valence-electron chi connectivity index (χ3n) is 3.34. The molecule has 0 spiro atoms. The van der Waals surface area contributed by atoms with Crippen molar-refractivity contribution < 1.29 is 19.2 Å². The van der Waals surface area contributed by atoms with Crippen LogP contribution in [0.25, 0.3) is 0 Å². The molecule has 2 heterocycles. The number of anilines is 1. The van der Waals surface area contributed by atoms with E-state index < -0.39 is 4.92 Å². The average Bonchev–Trinajstić information content (AvgIpc) is 2.55. The van der Waals surface area contributed by atoms with Gasteiger partial charge in [-0.1, -0.05) is 0 Å². The summed E-state index contributed by atoms with van der Waals surface area (Å²) < 4.78 is 10.2. The second kappa shape index (κ2) is 7.56. The summed E-state index contributed by atoms with van der Waals surface area (Å²) in [5, 5.41) is 11.4. The molecular weight excluding hydrogens is 306 g/mol. The van der Waals surface area contributed by atoms with Crippen molar-refractivity contribution in [3.05, 3.63) is 16.4 Å². The summed E-state index contributed by atoms with van der Waals surface area (Å²) in [7, 11) is 0. The van der Waals surface area contributed by atoms with Crippen molar-refractivity contribution in [2.24, 2.45) is 0 Å². The van der Waals surface area contributed by atoms with Gasteiger partial charge in [-0.25, -0.2) is 9.78 Å². The summed E-state index contributed by atoms with van der Waals surface area (Å²) >= 11 is 0. The molecule has 0 unspecified atom stereocenters. The Labute approximate surface area is 133 Å². The summed E-state index contributed by atoms with van der Waals surface area (Å²) in [6, 6.07) is 0. The smallest absolute Gasteiger partial charge is 0.409 e. The second-order valence-electron chi connectivity index (χ2n) is 4.71.